The number of amides is 5. The number of carbonyl (C=O) groups excluding carboxylic acids is 4. The van der Waals surface area contributed by atoms with Gasteiger partial charge in [-0.3, -0.25) is 14.4 Å². The zero-order chi connectivity index (χ0) is 20.6. The van der Waals surface area contributed by atoms with Crippen LogP contribution in [0.5, 0.6) is 0 Å². The maximum Gasteiger partial charge on any atom is 0.325 e. The molecule has 2 aliphatic carbocycles. The molecule has 8 nitrogen and oxygen atoms in total. The first-order valence-corrected chi connectivity index (χ1v) is 11.1. The van der Waals surface area contributed by atoms with E-state index in [0.29, 0.717) is 51.4 Å². The van der Waals surface area contributed by atoms with E-state index >= 15 is 0 Å². The zero-order valence-electron chi connectivity index (χ0n) is 17.3. The van der Waals surface area contributed by atoms with Crippen molar-refractivity contribution in [3.8, 4) is 0 Å². The molecule has 4 fully saturated rings. The molecule has 2 aliphatic heterocycles. The van der Waals surface area contributed by atoms with E-state index in [0.717, 1.165) is 30.6 Å². The molecule has 160 valence electrons. The second-order valence-electron chi connectivity index (χ2n) is 9.13. The first-order chi connectivity index (χ1) is 13.9. The Morgan fingerprint density at radius 3 is 2.21 bits per heavy atom. The van der Waals surface area contributed by atoms with Gasteiger partial charge in [0.05, 0.1) is 0 Å². The highest BCUT2D eigenvalue weighted by atomic mass is 16.2. The number of nitrogens with one attached hydrogen (secondary N) is 1. The molecule has 2 saturated heterocycles. The van der Waals surface area contributed by atoms with Gasteiger partial charge in [0.15, 0.2) is 0 Å². The molecule has 4 rings (SSSR count). The standard InChI is InChI=1S/C21H32N4O4/c1-15(25-19(28)21(22-20(25)29)8-4-5-9-21)18(27)24-12-10-23(11-13-24)17(26)14-16-6-2-3-7-16/h15-16H,2-14H2,1H3,(H,22,29). The smallest absolute Gasteiger partial charge is 0.325 e. The molecule has 0 radical (unpaired) electrons. The maximum absolute atomic E-state index is 13.0. The van der Waals surface area contributed by atoms with E-state index < -0.39 is 17.6 Å². The Labute approximate surface area is 171 Å². The van der Waals surface area contributed by atoms with Crippen molar-refractivity contribution in [3.05, 3.63) is 0 Å². The minimum atomic E-state index is -0.816. The van der Waals surface area contributed by atoms with E-state index in [4.69, 9.17) is 0 Å². The first-order valence-electron chi connectivity index (χ1n) is 11.1. The number of carbonyl (C=O) groups is 4. The van der Waals surface area contributed by atoms with Crippen molar-refractivity contribution in [3.63, 3.8) is 0 Å². The fourth-order valence-electron chi connectivity index (χ4n) is 5.45. The van der Waals surface area contributed by atoms with Gasteiger partial charge in [-0.15, -0.1) is 0 Å². The molecular weight excluding hydrogens is 372 g/mol. The summed E-state index contributed by atoms with van der Waals surface area (Å²) in [5.41, 5.74) is -0.795. The van der Waals surface area contributed by atoms with Crippen LogP contribution >= 0.6 is 0 Å². The van der Waals surface area contributed by atoms with Gasteiger partial charge in [-0.05, 0) is 38.5 Å². The lowest BCUT2D eigenvalue weighted by Gasteiger charge is -2.37. The number of imide groups is 1. The summed E-state index contributed by atoms with van der Waals surface area (Å²) in [6, 6.07) is -1.27. The van der Waals surface area contributed by atoms with E-state index in [1.165, 1.54) is 12.8 Å². The lowest BCUT2D eigenvalue weighted by atomic mass is 9.97. The monoisotopic (exact) mass is 404 g/mol. The van der Waals surface area contributed by atoms with E-state index in [1.807, 2.05) is 4.90 Å². The average molecular weight is 405 g/mol. The first kappa shape index (κ1) is 20.2. The summed E-state index contributed by atoms with van der Waals surface area (Å²) in [7, 11) is 0. The number of piperazine rings is 1. The second kappa shape index (κ2) is 7.95. The molecule has 0 bridgehead atoms. The van der Waals surface area contributed by atoms with Crippen LogP contribution in [-0.2, 0) is 14.4 Å². The van der Waals surface area contributed by atoms with Gasteiger partial charge < -0.3 is 15.1 Å². The van der Waals surface area contributed by atoms with Crippen molar-refractivity contribution >= 4 is 23.8 Å². The lowest BCUT2D eigenvalue weighted by Crippen LogP contribution is -2.56. The molecule has 0 aromatic carbocycles. The lowest BCUT2D eigenvalue weighted by molar-refractivity contribution is -0.145. The van der Waals surface area contributed by atoms with Gasteiger partial charge in [0.25, 0.3) is 5.91 Å². The predicted molar refractivity (Wildman–Crippen MR) is 106 cm³/mol. The van der Waals surface area contributed by atoms with E-state index in [-0.39, 0.29) is 17.7 Å². The predicted octanol–water partition coefficient (Wildman–Crippen LogP) is 1.49. The fraction of sp³-hybridized carbons (Fsp3) is 0.810. The molecule has 8 heteroatoms. The van der Waals surface area contributed by atoms with Crippen molar-refractivity contribution < 1.29 is 19.2 Å². The van der Waals surface area contributed by atoms with Crippen LogP contribution in [0.4, 0.5) is 4.79 Å². The van der Waals surface area contributed by atoms with Gasteiger partial charge in [-0.1, -0.05) is 25.7 Å². The minimum absolute atomic E-state index is 0.189. The summed E-state index contributed by atoms with van der Waals surface area (Å²) < 4.78 is 0. The Bertz CT molecular complexity index is 689. The van der Waals surface area contributed by atoms with Crippen LogP contribution < -0.4 is 5.32 Å². The van der Waals surface area contributed by atoms with Crippen molar-refractivity contribution in [2.75, 3.05) is 26.2 Å². The van der Waals surface area contributed by atoms with Crippen molar-refractivity contribution in [1.29, 1.82) is 0 Å². The summed E-state index contributed by atoms with van der Waals surface area (Å²) in [4.78, 5) is 55.5. The van der Waals surface area contributed by atoms with E-state index in [2.05, 4.69) is 5.32 Å². The third-order valence-corrected chi connectivity index (χ3v) is 7.28. The zero-order valence-corrected chi connectivity index (χ0v) is 17.3. The average Bonchev–Trinajstić information content (AvgIpc) is 3.44. The Balaban J connectivity index is 1.31. The van der Waals surface area contributed by atoms with Crippen LogP contribution in [0.2, 0.25) is 0 Å². The number of rotatable bonds is 4. The van der Waals surface area contributed by atoms with Crippen LogP contribution in [0.3, 0.4) is 0 Å². The summed E-state index contributed by atoms with van der Waals surface area (Å²) in [5, 5.41) is 2.84. The molecule has 1 unspecified atom stereocenters. The Hall–Kier alpha value is -2.12. The Morgan fingerprint density at radius 1 is 1.00 bits per heavy atom. The Kier molecular flexibility index (Phi) is 5.53. The molecule has 1 N–H and O–H groups in total. The van der Waals surface area contributed by atoms with Crippen molar-refractivity contribution in [2.45, 2.75) is 76.3 Å². The maximum atomic E-state index is 13.0. The number of nitrogens with zero attached hydrogens (tertiary/aromatic N) is 3. The molecule has 2 saturated carbocycles. The van der Waals surface area contributed by atoms with Crippen LogP contribution in [0.1, 0.15) is 64.7 Å². The highest BCUT2D eigenvalue weighted by molar-refractivity contribution is 6.10. The molecule has 29 heavy (non-hydrogen) atoms. The van der Waals surface area contributed by atoms with Gasteiger partial charge in [0, 0.05) is 32.6 Å². The molecule has 0 aromatic rings. The SMILES string of the molecule is CC(C(=O)N1CCN(C(=O)CC2CCCC2)CC1)N1C(=O)NC2(CCCC2)C1=O. The van der Waals surface area contributed by atoms with Crippen LogP contribution in [0.25, 0.3) is 0 Å². The fourth-order valence-corrected chi connectivity index (χ4v) is 5.45. The van der Waals surface area contributed by atoms with Gasteiger partial charge >= 0.3 is 6.03 Å². The largest absolute Gasteiger partial charge is 0.339 e. The number of urea groups is 1. The molecule has 4 aliphatic rings. The quantitative estimate of drug-likeness (QED) is 0.719. The highest BCUT2D eigenvalue weighted by Crippen LogP contribution is 2.36. The van der Waals surface area contributed by atoms with Gasteiger partial charge in [0.2, 0.25) is 11.8 Å². The van der Waals surface area contributed by atoms with Crippen LogP contribution in [0.15, 0.2) is 0 Å². The molecule has 1 spiro atoms. The van der Waals surface area contributed by atoms with Crippen molar-refractivity contribution in [1.82, 2.24) is 20.0 Å². The normalized spacial score (nSPS) is 25.8. The summed E-state index contributed by atoms with van der Waals surface area (Å²) in [6.07, 6.45) is 8.50. The number of hydrogen-bond acceptors (Lipinski definition) is 4. The molecule has 2 heterocycles. The number of hydrogen-bond donors (Lipinski definition) is 1. The third-order valence-electron chi connectivity index (χ3n) is 7.28. The van der Waals surface area contributed by atoms with Gasteiger partial charge in [-0.25, -0.2) is 9.69 Å². The molecule has 1 atom stereocenters. The van der Waals surface area contributed by atoms with Crippen LogP contribution in [-0.4, -0.2) is 76.2 Å². The van der Waals surface area contributed by atoms with Gasteiger partial charge in [0.1, 0.15) is 11.6 Å². The topological polar surface area (TPSA) is 90.0 Å². The highest BCUT2D eigenvalue weighted by Gasteiger charge is 2.54. The molecule has 0 aromatic heterocycles. The summed E-state index contributed by atoms with van der Waals surface area (Å²) in [5.74, 6) is 0.233. The van der Waals surface area contributed by atoms with Gasteiger partial charge in [-0.2, -0.15) is 0 Å². The molecular formula is C21H32N4O4. The van der Waals surface area contributed by atoms with Crippen molar-refractivity contribution in [2.24, 2.45) is 5.92 Å². The third kappa shape index (κ3) is 3.73. The Morgan fingerprint density at radius 2 is 1.59 bits per heavy atom. The summed E-state index contributed by atoms with van der Waals surface area (Å²) >= 11 is 0. The summed E-state index contributed by atoms with van der Waals surface area (Å²) in [6.45, 7) is 3.58. The minimum Gasteiger partial charge on any atom is -0.339 e. The molecule has 5 amide bonds. The van der Waals surface area contributed by atoms with E-state index in [9.17, 15) is 19.2 Å². The van der Waals surface area contributed by atoms with E-state index in [1.54, 1.807) is 11.8 Å². The second-order valence-corrected chi connectivity index (χ2v) is 9.13. The van der Waals surface area contributed by atoms with Crippen LogP contribution in [0, 0.1) is 5.92 Å².